The van der Waals surface area contributed by atoms with Crippen LogP contribution in [0.1, 0.15) is 32.6 Å². The van der Waals surface area contributed by atoms with Crippen LogP contribution in [-0.2, 0) is 14.3 Å². The second-order valence-electron chi connectivity index (χ2n) is 5.04. The third-order valence-corrected chi connectivity index (χ3v) is 3.26. The summed E-state index contributed by atoms with van der Waals surface area (Å²) in [6.45, 7) is 3.09. The maximum atomic E-state index is 11.8. The molecular formula is C13H24N2O4. The third-order valence-electron chi connectivity index (χ3n) is 3.26. The van der Waals surface area contributed by atoms with Crippen molar-refractivity contribution in [2.75, 3.05) is 26.8 Å². The van der Waals surface area contributed by atoms with E-state index in [1.807, 2.05) is 0 Å². The number of nitrogens with one attached hydrogen (secondary N) is 1. The number of aliphatic hydroxyl groups is 1. The van der Waals surface area contributed by atoms with Crippen LogP contribution in [0, 0.1) is 0 Å². The monoisotopic (exact) mass is 272 g/mol. The molecule has 1 unspecified atom stereocenters. The van der Waals surface area contributed by atoms with Gasteiger partial charge in [-0.2, -0.15) is 0 Å². The Kier molecular flexibility index (Phi) is 6.80. The van der Waals surface area contributed by atoms with Gasteiger partial charge in [-0.05, 0) is 26.2 Å². The molecular weight excluding hydrogens is 248 g/mol. The minimum Gasteiger partial charge on any atom is -0.393 e. The molecule has 1 aliphatic rings. The first-order valence-corrected chi connectivity index (χ1v) is 6.77. The Morgan fingerprint density at radius 1 is 1.42 bits per heavy atom. The maximum absolute atomic E-state index is 11.8. The van der Waals surface area contributed by atoms with E-state index in [1.54, 1.807) is 11.8 Å². The van der Waals surface area contributed by atoms with Crippen LogP contribution < -0.4 is 5.32 Å². The standard InChI is InChI=1S/C13H24N2O4/c1-10(16)3-4-13(18)15-7-5-11(6-8-15)14-12(17)9-19-2/h10-11,16H,3-9H2,1-2H3,(H,14,17). The molecule has 6 heteroatoms. The summed E-state index contributed by atoms with van der Waals surface area (Å²) in [5.74, 6) is -0.0241. The predicted molar refractivity (Wildman–Crippen MR) is 70.5 cm³/mol. The molecule has 1 atom stereocenters. The van der Waals surface area contributed by atoms with E-state index in [-0.39, 0.29) is 24.5 Å². The second-order valence-corrected chi connectivity index (χ2v) is 5.04. The van der Waals surface area contributed by atoms with Gasteiger partial charge in [0.1, 0.15) is 6.61 Å². The Morgan fingerprint density at radius 2 is 2.05 bits per heavy atom. The van der Waals surface area contributed by atoms with E-state index in [4.69, 9.17) is 9.84 Å². The Hall–Kier alpha value is -1.14. The van der Waals surface area contributed by atoms with Gasteiger partial charge in [0, 0.05) is 32.7 Å². The number of rotatable bonds is 6. The lowest BCUT2D eigenvalue weighted by atomic mass is 10.0. The molecule has 110 valence electrons. The van der Waals surface area contributed by atoms with Crippen molar-refractivity contribution < 1.29 is 19.4 Å². The number of nitrogens with zero attached hydrogens (tertiary/aromatic N) is 1. The summed E-state index contributed by atoms with van der Waals surface area (Å²) >= 11 is 0. The molecule has 1 aliphatic heterocycles. The normalized spacial score (nSPS) is 18.2. The molecule has 0 bridgehead atoms. The Labute approximate surface area is 114 Å². The van der Waals surface area contributed by atoms with Crippen LogP contribution in [0.5, 0.6) is 0 Å². The summed E-state index contributed by atoms with van der Waals surface area (Å²) < 4.78 is 4.76. The molecule has 0 aromatic heterocycles. The van der Waals surface area contributed by atoms with Crippen LogP contribution in [0.25, 0.3) is 0 Å². The quantitative estimate of drug-likeness (QED) is 0.708. The average Bonchev–Trinajstić information content (AvgIpc) is 2.37. The fourth-order valence-electron chi connectivity index (χ4n) is 2.16. The van der Waals surface area contributed by atoms with Gasteiger partial charge >= 0.3 is 0 Å². The number of aliphatic hydroxyl groups excluding tert-OH is 1. The molecule has 0 spiro atoms. The molecule has 0 aliphatic carbocycles. The van der Waals surface area contributed by atoms with Gasteiger partial charge in [0.05, 0.1) is 6.10 Å². The third kappa shape index (κ3) is 6.02. The first kappa shape index (κ1) is 15.9. The largest absolute Gasteiger partial charge is 0.393 e. The maximum Gasteiger partial charge on any atom is 0.246 e. The zero-order valence-electron chi connectivity index (χ0n) is 11.7. The summed E-state index contributed by atoms with van der Waals surface area (Å²) in [7, 11) is 1.49. The number of methoxy groups -OCH3 is 1. The van der Waals surface area contributed by atoms with E-state index in [0.717, 1.165) is 12.8 Å². The van der Waals surface area contributed by atoms with Crippen molar-refractivity contribution in [3.63, 3.8) is 0 Å². The fraction of sp³-hybridized carbons (Fsp3) is 0.846. The number of piperidine rings is 1. The summed E-state index contributed by atoms with van der Waals surface area (Å²) in [5.41, 5.74) is 0. The van der Waals surface area contributed by atoms with E-state index < -0.39 is 6.10 Å². The molecule has 1 heterocycles. The van der Waals surface area contributed by atoms with Crippen LogP contribution in [0.3, 0.4) is 0 Å². The number of amides is 2. The first-order valence-electron chi connectivity index (χ1n) is 6.77. The summed E-state index contributed by atoms with van der Waals surface area (Å²) in [5, 5.41) is 12.0. The van der Waals surface area contributed by atoms with E-state index in [0.29, 0.717) is 25.9 Å². The number of carbonyl (C=O) groups is 2. The van der Waals surface area contributed by atoms with Crippen molar-refractivity contribution >= 4 is 11.8 Å². The van der Waals surface area contributed by atoms with Crippen molar-refractivity contribution in [2.45, 2.75) is 44.8 Å². The Morgan fingerprint density at radius 3 is 2.58 bits per heavy atom. The summed E-state index contributed by atoms with van der Waals surface area (Å²) in [6, 6.07) is 0.128. The SMILES string of the molecule is COCC(=O)NC1CCN(C(=O)CCC(C)O)CC1. The minimum atomic E-state index is -0.435. The smallest absolute Gasteiger partial charge is 0.246 e. The Bertz CT molecular complexity index is 299. The lowest BCUT2D eigenvalue weighted by Gasteiger charge is -2.32. The van der Waals surface area contributed by atoms with Crippen LogP contribution >= 0.6 is 0 Å². The van der Waals surface area contributed by atoms with E-state index >= 15 is 0 Å². The van der Waals surface area contributed by atoms with Gasteiger partial charge in [0.15, 0.2) is 0 Å². The highest BCUT2D eigenvalue weighted by molar-refractivity contribution is 5.78. The van der Waals surface area contributed by atoms with Gasteiger partial charge < -0.3 is 20.1 Å². The molecule has 1 saturated heterocycles. The zero-order valence-corrected chi connectivity index (χ0v) is 11.7. The number of hydrogen-bond acceptors (Lipinski definition) is 4. The van der Waals surface area contributed by atoms with Crippen LogP contribution in [0.2, 0.25) is 0 Å². The van der Waals surface area contributed by atoms with Gasteiger partial charge in [0.25, 0.3) is 0 Å². The fourth-order valence-corrected chi connectivity index (χ4v) is 2.16. The average molecular weight is 272 g/mol. The molecule has 1 fully saturated rings. The van der Waals surface area contributed by atoms with Crippen molar-refractivity contribution in [2.24, 2.45) is 0 Å². The summed E-state index contributed by atoms with van der Waals surface area (Å²) in [4.78, 5) is 25.0. The predicted octanol–water partition coefficient (Wildman–Crippen LogP) is -0.0990. The minimum absolute atomic E-state index is 0.0769. The van der Waals surface area contributed by atoms with Gasteiger partial charge in [0.2, 0.25) is 11.8 Å². The molecule has 2 N–H and O–H groups in total. The highest BCUT2D eigenvalue weighted by Crippen LogP contribution is 2.12. The van der Waals surface area contributed by atoms with Gasteiger partial charge in [-0.25, -0.2) is 0 Å². The molecule has 1 rings (SSSR count). The van der Waals surface area contributed by atoms with E-state index in [9.17, 15) is 9.59 Å². The van der Waals surface area contributed by atoms with Gasteiger partial charge in [-0.3, -0.25) is 9.59 Å². The molecule has 0 aromatic carbocycles. The van der Waals surface area contributed by atoms with Crippen LogP contribution in [0.15, 0.2) is 0 Å². The van der Waals surface area contributed by atoms with Crippen LogP contribution in [0.4, 0.5) is 0 Å². The highest BCUT2D eigenvalue weighted by atomic mass is 16.5. The Balaban J connectivity index is 2.24. The van der Waals surface area contributed by atoms with Gasteiger partial charge in [-0.15, -0.1) is 0 Å². The summed E-state index contributed by atoms with van der Waals surface area (Å²) in [6.07, 6.45) is 2.00. The lowest BCUT2D eigenvalue weighted by molar-refractivity contribution is -0.133. The number of ether oxygens (including phenoxy) is 1. The zero-order chi connectivity index (χ0) is 14.3. The molecule has 19 heavy (non-hydrogen) atoms. The van der Waals surface area contributed by atoms with Crippen LogP contribution in [-0.4, -0.2) is 60.8 Å². The molecule has 0 radical (unpaired) electrons. The molecule has 6 nitrogen and oxygen atoms in total. The molecule has 2 amide bonds. The van der Waals surface area contributed by atoms with E-state index in [1.165, 1.54) is 7.11 Å². The molecule has 0 aromatic rings. The van der Waals surface area contributed by atoms with Crippen molar-refractivity contribution in [1.29, 1.82) is 0 Å². The van der Waals surface area contributed by atoms with Crippen molar-refractivity contribution in [1.82, 2.24) is 10.2 Å². The second kappa shape index (κ2) is 8.12. The van der Waals surface area contributed by atoms with E-state index in [2.05, 4.69) is 5.32 Å². The topological polar surface area (TPSA) is 78.9 Å². The molecule has 0 saturated carbocycles. The van der Waals surface area contributed by atoms with Crippen molar-refractivity contribution in [3.05, 3.63) is 0 Å². The number of hydrogen-bond donors (Lipinski definition) is 2. The number of likely N-dealkylation sites (tertiary alicyclic amines) is 1. The highest BCUT2D eigenvalue weighted by Gasteiger charge is 2.23. The number of carbonyl (C=O) groups excluding carboxylic acids is 2. The van der Waals surface area contributed by atoms with Crippen molar-refractivity contribution in [3.8, 4) is 0 Å². The first-order chi connectivity index (χ1) is 9.02. The lowest BCUT2D eigenvalue weighted by Crippen LogP contribution is -2.47. The van der Waals surface area contributed by atoms with Gasteiger partial charge in [-0.1, -0.05) is 0 Å².